The van der Waals surface area contributed by atoms with Gasteiger partial charge in [-0.15, -0.1) is 0 Å². The van der Waals surface area contributed by atoms with Crippen molar-refractivity contribution < 1.29 is 9.90 Å². The van der Waals surface area contributed by atoms with Crippen LogP contribution in [0.25, 0.3) is 6.08 Å². The summed E-state index contributed by atoms with van der Waals surface area (Å²) < 4.78 is 0. The maximum atomic E-state index is 11.5. The number of carbonyl (C=O) groups excluding carboxylic acids is 1. The van der Waals surface area contributed by atoms with E-state index in [1.54, 1.807) is 18.2 Å². The molecule has 0 saturated carbocycles. The fourth-order valence-corrected chi connectivity index (χ4v) is 2.10. The standard InChI is InChI=1S/C16H15NO2/c1-16(9-7-15(19)13(10-16)11-17)8-6-12-2-4-14(18)5-3-12/h2-6,8,10,18H,7,9H2,1H3/b8-6+/t16-/m1/s1. The molecule has 0 aromatic heterocycles. The fourth-order valence-electron chi connectivity index (χ4n) is 2.10. The molecule has 0 spiro atoms. The van der Waals surface area contributed by atoms with Gasteiger partial charge in [0.2, 0.25) is 0 Å². The van der Waals surface area contributed by atoms with Gasteiger partial charge in [-0.05, 0) is 24.1 Å². The van der Waals surface area contributed by atoms with E-state index in [9.17, 15) is 9.90 Å². The van der Waals surface area contributed by atoms with Gasteiger partial charge in [0, 0.05) is 11.8 Å². The van der Waals surface area contributed by atoms with Gasteiger partial charge in [0.15, 0.2) is 5.78 Å². The molecule has 0 aliphatic heterocycles. The Hall–Kier alpha value is -2.34. The van der Waals surface area contributed by atoms with Gasteiger partial charge in [0.25, 0.3) is 0 Å². The summed E-state index contributed by atoms with van der Waals surface area (Å²) in [5.41, 5.74) is 0.962. The van der Waals surface area contributed by atoms with Gasteiger partial charge in [-0.25, -0.2) is 0 Å². The number of benzene rings is 1. The van der Waals surface area contributed by atoms with Crippen molar-refractivity contribution in [1.29, 1.82) is 5.26 Å². The second-order valence-corrected chi connectivity index (χ2v) is 5.02. The number of phenols is 1. The highest BCUT2D eigenvalue weighted by molar-refractivity contribution is 6.00. The minimum Gasteiger partial charge on any atom is -0.508 e. The molecule has 0 saturated heterocycles. The Morgan fingerprint density at radius 2 is 2.05 bits per heavy atom. The van der Waals surface area contributed by atoms with E-state index in [2.05, 4.69) is 0 Å². The summed E-state index contributed by atoms with van der Waals surface area (Å²) in [6.45, 7) is 2.01. The topological polar surface area (TPSA) is 61.1 Å². The number of nitriles is 1. The molecule has 96 valence electrons. The number of phenolic OH excluding ortho intramolecular Hbond substituents is 1. The quantitative estimate of drug-likeness (QED) is 0.880. The summed E-state index contributed by atoms with van der Waals surface area (Å²) in [6.07, 6.45) is 6.82. The summed E-state index contributed by atoms with van der Waals surface area (Å²) >= 11 is 0. The van der Waals surface area contributed by atoms with Crippen LogP contribution < -0.4 is 0 Å². The smallest absolute Gasteiger partial charge is 0.173 e. The molecular weight excluding hydrogens is 238 g/mol. The zero-order chi connectivity index (χ0) is 13.9. The second kappa shape index (κ2) is 5.11. The Morgan fingerprint density at radius 3 is 2.68 bits per heavy atom. The first-order valence-electron chi connectivity index (χ1n) is 6.17. The van der Waals surface area contributed by atoms with Crippen LogP contribution >= 0.6 is 0 Å². The number of Topliss-reactive ketones (excluding diaryl/α,β-unsaturated/α-hetero) is 1. The largest absolute Gasteiger partial charge is 0.508 e. The first-order chi connectivity index (χ1) is 9.02. The van der Waals surface area contributed by atoms with Crippen LogP contribution in [0.3, 0.4) is 0 Å². The Labute approximate surface area is 112 Å². The molecule has 19 heavy (non-hydrogen) atoms. The maximum Gasteiger partial charge on any atom is 0.173 e. The van der Waals surface area contributed by atoms with Crippen molar-refractivity contribution in [3.63, 3.8) is 0 Å². The first-order valence-corrected chi connectivity index (χ1v) is 6.17. The van der Waals surface area contributed by atoms with E-state index in [0.717, 1.165) is 5.56 Å². The molecule has 2 rings (SSSR count). The number of rotatable bonds is 2. The highest BCUT2D eigenvalue weighted by Gasteiger charge is 2.27. The fraction of sp³-hybridized carbons (Fsp3) is 0.250. The third kappa shape index (κ3) is 3.11. The van der Waals surface area contributed by atoms with Crippen LogP contribution in [-0.4, -0.2) is 10.9 Å². The number of allylic oxidation sites excluding steroid dienone is 3. The molecule has 0 radical (unpaired) electrons. The normalized spacial score (nSPS) is 23.2. The van der Waals surface area contributed by atoms with Crippen molar-refractivity contribution in [2.24, 2.45) is 5.41 Å². The number of aromatic hydroxyl groups is 1. The molecule has 1 aliphatic rings. The van der Waals surface area contributed by atoms with E-state index in [1.165, 1.54) is 0 Å². The highest BCUT2D eigenvalue weighted by atomic mass is 16.3. The molecule has 3 heteroatoms. The Kier molecular flexibility index (Phi) is 3.52. The van der Waals surface area contributed by atoms with Gasteiger partial charge < -0.3 is 5.11 Å². The number of hydrogen-bond acceptors (Lipinski definition) is 3. The minimum absolute atomic E-state index is 0.0713. The van der Waals surface area contributed by atoms with Crippen LogP contribution in [0.2, 0.25) is 0 Å². The van der Waals surface area contributed by atoms with Crippen LogP contribution in [0.4, 0.5) is 0 Å². The van der Waals surface area contributed by atoms with E-state index >= 15 is 0 Å². The lowest BCUT2D eigenvalue weighted by Gasteiger charge is -2.25. The summed E-state index contributed by atoms with van der Waals surface area (Å²) in [5, 5.41) is 18.1. The predicted molar refractivity (Wildman–Crippen MR) is 73.2 cm³/mol. The summed E-state index contributed by atoms with van der Waals surface area (Å²) in [5.74, 6) is 0.163. The molecule has 0 heterocycles. The predicted octanol–water partition coefficient (Wildman–Crippen LogP) is 3.22. The van der Waals surface area contributed by atoms with Crippen LogP contribution in [0.15, 0.2) is 42.0 Å². The van der Waals surface area contributed by atoms with Crippen molar-refractivity contribution in [3.8, 4) is 11.8 Å². The minimum atomic E-state index is -0.267. The number of carbonyl (C=O) groups is 1. The zero-order valence-corrected chi connectivity index (χ0v) is 10.8. The number of hydrogen-bond donors (Lipinski definition) is 1. The monoisotopic (exact) mass is 253 g/mol. The van der Waals surface area contributed by atoms with Crippen LogP contribution in [0.5, 0.6) is 5.75 Å². The van der Waals surface area contributed by atoms with E-state index in [1.807, 2.05) is 37.3 Å². The lowest BCUT2D eigenvalue weighted by molar-refractivity contribution is -0.116. The maximum absolute atomic E-state index is 11.5. The van der Waals surface area contributed by atoms with Crippen molar-refractivity contribution in [1.82, 2.24) is 0 Å². The molecule has 1 aromatic rings. The van der Waals surface area contributed by atoms with Crippen molar-refractivity contribution >= 4 is 11.9 Å². The summed E-state index contributed by atoms with van der Waals surface area (Å²) in [7, 11) is 0. The van der Waals surface area contributed by atoms with Crippen molar-refractivity contribution in [3.05, 3.63) is 47.6 Å². The molecule has 3 nitrogen and oxygen atoms in total. The van der Waals surface area contributed by atoms with Gasteiger partial charge in [0.05, 0.1) is 5.57 Å². The number of ketones is 1. The zero-order valence-electron chi connectivity index (χ0n) is 10.8. The van der Waals surface area contributed by atoms with Gasteiger partial charge in [0.1, 0.15) is 11.8 Å². The average Bonchev–Trinajstić information content (AvgIpc) is 2.41. The molecule has 0 fully saturated rings. The molecule has 1 N–H and O–H groups in total. The van der Waals surface area contributed by atoms with E-state index in [0.29, 0.717) is 12.8 Å². The van der Waals surface area contributed by atoms with Crippen LogP contribution in [-0.2, 0) is 4.79 Å². The van der Waals surface area contributed by atoms with Gasteiger partial charge in [-0.1, -0.05) is 37.3 Å². The lowest BCUT2D eigenvalue weighted by atomic mass is 9.77. The lowest BCUT2D eigenvalue weighted by Crippen LogP contribution is -2.20. The number of nitrogens with zero attached hydrogens (tertiary/aromatic N) is 1. The summed E-state index contributed by atoms with van der Waals surface area (Å²) in [6, 6.07) is 8.85. The van der Waals surface area contributed by atoms with Gasteiger partial charge in [-0.2, -0.15) is 5.26 Å². The van der Waals surface area contributed by atoms with Gasteiger partial charge >= 0.3 is 0 Å². The van der Waals surface area contributed by atoms with E-state index < -0.39 is 0 Å². The molecule has 1 aliphatic carbocycles. The molecule has 0 bridgehead atoms. The molecule has 1 atom stereocenters. The average molecular weight is 253 g/mol. The van der Waals surface area contributed by atoms with E-state index in [4.69, 9.17) is 5.26 Å². The molecule has 0 amide bonds. The molecule has 1 aromatic carbocycles. The Balaban J connectivity index is 2.22. The Bertz CT molecular complexity index is 590. The highest BCUT2D eigenvalue weighted by Crippen LogP contribution is 2.34. The molecule has 0 unspecified atom stereocenters. The SMILES string of the molecule is C[C@]1(/C=C/c2ccc(O)cc2)C=C(C#N)C(=O)CC1. The van der Waals surface area contributed by atoms with Gasteiger partial charge in [-0.3, -0.25) is 4.79 Å². The van der Waals surface area contributed by atoms with Crippen LogP contribution in [0.1, 0.15) is 25.3 Å². The third-order valence-electron chi connectivity index (χ3n) is 3.34. The van der Waals surface area contributed by atoms with E-state index in [-0.39, 0.29) is 22.5 Å². The third-order valence-corrected chi connectivity index (χ3v) is 3.34. The molecular formula is C16H15NO2. The summed E-state index contributed by atoms with van der Waals surface area (Å²) in [4.78, 5) is 11.5. The van der Waals surface area contributed by atoms with Crippen molar-refractivity contribution in [2.45, 2.75) is 19.8 Å². The van der Waals surface area contributed by atoms with Crippen LogP contribution in [0, 0.1) is 16.7 Å². The Morgan fingerprint density at radius 1 is 1.37 bits per heavy atom. The first kappa shape index (κ1) is 13.1. The second-order valence-electron chi connectivity index (χ2n) is 5.02. The van der Waals surface area contributed by atoms with Crippen molar-refractivity contribution in [2.75, 3.05) is 0 Å².